The van der Waals surface area contributed by atoms with Gasteiger partial charge in [-0.05, 0) is 61.7 Å². The highest BCUT2D eigenvalue weighted by atomic mass is 35.5. The van der Waals surface area contributed by atoms with Gasteiger partial charge in [0.15, 0.2) is 6.61 Å². The highest BCUT2D eigenvalue weighted by Gasteiger charge is 2.28. The summed E-state index contributed by atoms with van der Waals surface area (Å²) in [5, 5.41) is 3.45. The smallest absolute Gasteiger partial charge is 0.261 e. The van der Waals surface area contributed by atoms with Crippen LogP contribution in [0.1, 0.15) is 31.4 Å². The molecule has 1 unspecified atom stereocenters. The van der Waals surface area contributed by atoms with Gasteiger partial charge in [0, 0.05) is 18.1 Å². The average molecular weight is 433 g/mol. The standard InChI is InChI=1S/C23H29ClN2O4/c1-5-21(23(28)25-6-2)26(14-17-8-7-9-18(13-17)29-4)22(27)15-30-19-10-11-20(24)16(3)12-19/h7-13,21H,5-6,14-15H2,1-4H3,(H,25,28). The van der Waals surface area contributed by atoms with Crippen LogP contribution in [-0.2, 0) is 16.1 Å². The fraction of sp³-hybridized carbons (Fsp3) is 0.391. The summed E-state index contributed by atoms with van der Waals surface area (Å²) in [6, 6.07) is 12.1. The molecule has 162 valence electrons. The van der Waals surface area contributed by atoms with Gasteiger partial charge < -0.3 is 19.7 Å². The third kappa shape index (κ3) is 6.39. The molecule has 0 radical (unpaired) electrons. The quantitative estimate of drug-likeness (QED) is 0.616. The first-order chi connectivity index (χ1) is 14.4. The Morgan fingerprint density at radius 1 is 1.13 bits per heavy atom. The molecule has 2 amide bonds. The van der Waals surface area contributed by atoms with Gasteiger partial charge in [0.1, 0.15) is 17.5 Å². The number of rotatable bonds is 10. The van der Waals surface area contributed by atoms with E-state index in [1.807, 2.05) is 45.0 Å². The molecular weight excluding hydrogens is 404 g/mol. The Morgan fingerprint density at radius 2 is 1.90 bits per heavy atom. The first kappa shape index (κ1) is 23.5. The first-order valence-electron chi connectivity index (χ1n) is 9.98. The maximum absolute atomic E-state index is 13.1. The molecule has 0 heterocycles. The van der Waals surface area contributed by atoms with Crippen molar-refractivity contribution in [3.63, 3.8) is 0 Å². The lowest BCUT2D eigenvalue weighted by Crippen LogP contribution is -2.50. The zero-order chi connectivity index (χ0) is 22.1. The van der Waals surface area contributed by atoms with Gasteiger partial charge in [-0.15, -0.1) is 0 Å². The van der Waals surface area contributed by atoms with Gasteiger partial charge in [-0.3, -0.25) is 9.59 Å². The van der Waals surface area contributed by atoms with E-state index in [2.05, 4.69) is 5.32 Å². The van der Waals surface area contributed by atoms with Crippen LogP contribution < -0.4 is 14.8 Å². The van der Waals surface area contributed by atoms with Crippen LogP contribution in [0.5, 0.6) is 11.5 Å². The number of halogens is 1. The van der Waals surface area contributed by atoms with Crippen molar-refractivity contribution in [2.75, 3.05) is 20.3 Å². The number of hydrogen-bond acceptors (Lipinski definition) is 4. The van der Waals surface area contributed by atoms with Gasteiger partial charge >= 0.3 is 0 Å². The second kappa shape index (κ2) is 11.5. The van der Waals surface area contributed by atoms with E-state index in [1.54, 1.807) is 30.2 Å². The minimum atomic E-state index is -0.598. The fourth-order valence-corrected chi connectivity index (χ4v) is 3.23. The number of likely N-dealkylation sites (N-methyl/N-ethyl adjacent to an activating group) is 1. The third-order valence-corrected chi connectivity index (χ3v) is 5.14. The summed E-state index contributed by atoms with van der Waals surface area (Å²) in [4.78, 5) is 27.3. The molecule has 30 heavy (non-hydrogen) atoms. The molecule has 1 atom stereocenters. The lowest BCUT2D eigenvalue weighted by Gasteiger charge is -2.30. The summed E-state index contributed by atoms with van der Waals surface area (Å²) >= 11 is 6.05. The van der Waals surface area contributed by atoms with E-state index in [4.69, 9.17) is 21.1 Å². The van der Waals surface area contributed by atoms with E-state index < -0.39 is 6.04 Å². The molecule has 0 aliphatic rings. The Morgan fingerprint density at radius 3 is 2.53 bits per heavy atom. The number of ether oxygens (including phenoxy) is 2. The molecule has 0 saturated heterocycles. The van der Waals surface area contributed by atoms with E-state index >= 15 is 0 Å². The average Bonchev–Trinajstić information content (AvgIpc) is 2.74. The Labute approximate surface area is 183 Å². The molecule has 1 N–H and O–H groups in total. The summed E-state index contributed by atoms with van der Waals surface area (Å²) in [5.74, 6) is 0.790. The van der Waals surface area contributed by atoms with E-state index in [1.165, 1.54) is 0 Å². The topological polar surface area (TPSA) is 67.9 Å². The summed E-state index contributed by atoms with van der Waals surface area (Å²) in [5.41, 5.74) is 1.73. The zero-order valence-corrected chi connectivity index (χ0v) is 18.7. The second-order valence-corrected chi connectivity index (χ2v) is 7.30. The minimum Gasteiger partial charge on any atom is -0.497 e. The predicted molar refractivity (Wildman–Crippen MR) is 118 cm³/mol. The van der Waals surface area contributed by atoms with Crippen LogP contribution in [0.3, 0.4) is 0 Å². The van der Waals surface area contributed by atoms with Crippen molar-refractivity contribution >= 4 is 23.4 Å². The van der Waals surface area contributed by atoms with Crippen molar-refractivity contribution in [3.05, 3.63) is 58.6 Å². The van der Waals surface area contributed by atoms with E-state index in [0.717, 1.165) is 11.1 Å². The number of hydrogen-bond donors (Lipinski definition) is 1. The monoisotopic (exact) mass is 432 g/mol. The number of benzene rings is 2. The second-order valence-electron chi connectivity index (χ2n) is 6.89. The molecule has 6 nitrogen and oxygen atoms in total. The van der Waals surface area contributed by atoms with Crippen LogP contribution in [0.25, 0.3) is 0 Å². The van der Waals surface area contributed by atoms with Crippen LogP contribution >= 0.6 is 11.6 Å². The Balaban J connectivity index is 2.22. The Kier molecular flexibility index (Phi) is 8.99. The summed E-state index contributed by atoms with van der Waals surface area (Å²) in [6.45, 7) is 6.20. The highest BCUT2D eigenvalue weighted by molar-refractivity contribution is 6.31. The van der Waals surface area contributed by atoms with Gasteiger partial charge in [-0.1, -0.05) is 30.7 Å². The molecule has 0 bridgehead atoms. The van der Waals surface area contributed by atoms with Crippen LogP contribution in [0.2, 0.25) is 5.02 Å². The maximum Gasteiger partial charge on any atom is 0.261 e. The number of carbonyl (C=O) groups is 2. The minimum absolute atomic E-state index is 0.180. The van der Waals surface area contributed by atoms with Crippen molar-refractivity contribution in [1.29, 1.82) is 0 Å². The van der Waals surface area contributed by atoms with Gasteiger partial charge in [0.2, 0.25) is 5.91 Å². The predicted octanol–water partition coefficient (Wildman–Crippen LogP) is 3.98. The summed E-state index contributed by atoms with van der Waals surface area (Å²) in [6.07, 6.45) is 0.488. The molecule has 2 rings (SSSR count). The molecule has 0 saturated carbocycles. The number of nitrogens with zero attached hydrogens (tertiary/aromatic N) is 1. The lowest BCUT2D eigenvalue weighted by atomic mass is 10.1. The van der Waals surface area contributed by atoms with Crippen LogP contribution in [0.15, 0.2) is 42.5 Å². The van der Waals surface area contributed by atoms with Crippen molar-refractivity contribution in [3.8, 4) is 11.5 Å². The maximum atomic E-state index is 13.1. The van der Waals surface area contributed by atoms with Gasteiger partial charge in [-0.25, -0.2) is 0 Å². The van der Waals surface area contributed by atoms with E-state index in [9.17, 15) is 9.59 Å². The number of aryl methyl sites for hydroxylation is 1. The SMILES string of the molecule is CCNC(=O)C(CC)N(Cc1cccc(OC)c1)C(=O)COc1ccc(Cl)c(C)c1. The fourth-order valence-electron chi connectivity index (χ4n) is 3.11. The number of amides is 2. The molecule has 0 aromatic heterocycles. The third-order valence-electron chi connectivity index (χ3n) is 4.72. The lowest BCUT2D eigenvalue weighted by molar-refractivity contribution is -0.142. The highest BCUT2D eigenvalue weighted by Crippen LogP contribution is 2.22. The van der Waals surface area contributed by atoms with Crippen molar-refractivity contribution in [2.24, 2.45) is 0 Å². The van der Waals surface area contributed by atoms with Crippen LogP contribution in [0, 0.1) is 6.92 Å². The number of nitrogens with one attached hydrogen (secondary N) is 1. The zero-order valence-electron chi connectivity index (χ0n) is 17.9. The molecule has 7 heteroatoms. The molecule has 0 spiro atoms. The summed E-state index contributed by atoms with van der Waals surface area (Å²) in [7, 11) is 1.59. The van der Waals surface area contributed by atoms with Gasteiger partial charge in [0.25, 0.3) is 5.91 Å². The van der Waals surface area contributed by atoms with E-state index in [0.29, 0.717) is 29.5 Å². The Hall–Kier alpha value is -2.73. The number of methoxy groups -OCH3 is 1. The number of carbonyl (C=O) groups excluding carboxylic acids is 2. The first-order valence-corrected chi connectivity index (χ1v) is 10.4. The molecule has 0 aliphatic heterocycles. The molecule has 0 fully saturated rings. The van der Waals surface area contributed by atoms with Gasteiger partial charge in [-0.2, -0.15) is 0 Å². The molecular formula is C23H29ClN2O4. The van der Waals surface area contributed by atoms with Crippen LogP contribution in [0.4, 0.5) is 0 Å². The molecule has 0 aliphatic carbocycles. The summed E-state index contributed by atoms with van der Waals surface area (Å²) < 4.78 is 11.0. The largest absolute Gasteiger partial charge is 0.497 e. The molecule has 2 aromatic carbocycles. The van der Waals surface area contributed by atoms with Crippen LogP contribution in [-0.4, -0.2) is 43.0 Å². The van der Waals surface area contributed by atoms with Crippen molar-refractivity contribution < 1.29 is 19.1 Å². The Bertz CT molecular complexity index is 872. The van der Waals surface area contributed by atoms with Gasteiger partial charge in [0.05, 0.1) is 7.11 Å². The van der Waals surface area contributed by atoms with E-state index in [-0.39, 0.29) is 25.0 Å². The van der Waals surface area contributed by atoms with Crippen molar-refractivity contribution in [2.45, 2.75) is 39.8 Å². The van der Waals surface area contributed by atoms with Crippen molar-refractivity contribution in [1.82, 2.24) is 10.2 Å². The molecule has 2 aromatic rings. The normalized spacial score (nSPS) is 11.5.